The fourth-order valence-electron chi connectivity index (χ4n) is 3.36. The molecule has 1 aliphatic rings. The van der Waals surface area contributed by atoms with Gasteiger partial charge in [-0.3, -0.25) is 0 Å². The Morgan fingerprint density at radius 3 is 2.48 bits per heavy atom. The summed E-state index contributed by atoms with van der Waals surface area (Å²) in [6.45, 7) is 0.588. The molecule has 2 heteroatoms. The summed E-state index contributed by atoms with van der Waals surface area (Å²) in [4.78, 5) is 0. The van der Waals surface area contributed by atoms with Crippen molar-refractivity contribution in [2.75, 3.05) is 11.9 Å². The highest BCUT2D eigenvalue weighted by atomic mass is 16.3. The molecule has 4 rings (SSSR count). The van der Waals surface area contributed by atoms with Crippen LogP contribution in [0.3, 0.4) is 0 Å². The minimum atomic E-state index is -0.411. The van der Waals surface area contributed by atoms with Crippen molar-refractivity contribution in [1.82, 2.24) is 0 Å². The summed E-state index contributed by atoms with van der Waals surface area (Å²) in [7, 11) is 0. The third-order valence-electron chi connectivity index (χ3n) is 4.33. The second-order valence-electron chi connectivity index (χ2n) is 5.58. The van der Waals surface area contributed by atoms with Crippen LogP contribution < -0.4 is 5.32 Å². The molecule has 0 spiro atoms. The van der Waals surface area contributed by atoms with Gasteiger partial charge in [0.15, 0.2) is 0 Å². The Bertz CT molecular complexity index is 782. The van der Waals surface area contributed by atoms with Crippen molar-refractivity contribution >= 4 is 16.5 Å². The van der Waals surface area contributed by atoms with Gasteiger partial charge in [0.05, 0.1) is 6.10 Å². The summed E-state index contributed by atoms with van der Waals surface area (Å²) in [5.41, 5.74) is 3.51. The summed E-state index contributed by atoms with van der Waals surface area (Å²) in [6, 6.07) is 22.9. The number of anilines is 1. The predicted octanol–water partition coefficient (Wildman–Crippen LogP) is 3.76. The number of aliphatic hydroxyl groups excluding tert-OH is 1. The van der Waals surface area contributed by atoms with Gasteiger partial charge in [0.25, 0.3) is 0 Å². The normalized spacial score (nSPS) is 20.8. The molecule has 3 aromatic rings. The standard InChI is InChI=1S/C19H17NO/c21-17-12-20-16-11-10-13-6-4-5-9-15(13)19(16)18(17)14-7-2-1-3-8-14/h1-11,17-18,20-21H,12H2. The van der Waals surface area contributed by atoms with Gasteiger partial charge in [0.1, 0.15) is 0 Å². The van der Waals surface area contributed by atoms with Crippen LogP contribution in [-0.2, 0) is 0 Å². The van der Waals surface area contributed by atoms with Gasteiger partial charge in [-0.1, -0.05) is 60.7 Å². The van der Waals surface area contributed by atoms with Gasteiger partial charge in [-0.25, -0.2) is 0 Å². The predicted molar refractivity (Wildman–Crippen MR) is 86.7 cm³/mol. The first kappa shape index (κ1) is 12.4. The lowest BCUT2D eigenvalue weighted by atomic mass is 9.80. The van der Waals surface area contributed by atoms with Crippen LogP contribution in [0, 0.1) is 0 Å². The Morgan fingerprint density at radius 2 is 1.62 bits per heavy atom. The molecular formula is C19H17NO. The van der Waals surface area contributed by atoms with Crippen LogP contribution >= 0.6 is 0 Å². The van der Waals surface area contributed by atoms with Gasteiger partial charge < -0.3 is 10.4 Å². The van der Waals surface area contributed by atoms with Gasteiger partial charge in [-0.15, -0.1) is 0 Å². The van der Waals surface area contributed by atoms with Crippen molar-refractivity contribution in [1.29, 1.82) is 0 Å². The average molecular weight is 275 g/mol. The van der Waals surface area contributed by atoms with Crippen LogP contribution in [0.15, 0.2) is 66.7 Å². The van der Waals surface area contributed by atoms with E-state index in [0.717, 1.165) is 5.69 Å². The van der Waals surface area contributed by atoms with Crippen molar-refractivity contribution in [3.8, 4) is 0 Å². The van der Waals surface area contributed by atoms with Crippen LogP contribution in [0.4, 0.5) is 5.69 Å². The quantitative estimate of drug-likeness (QED) is 0.708. The largest absolute Gasteiger partial charge is 0.390 e. The molecule has 0 fully saturated rings. The maximum absolute atomic E-state index is 10.6. The van der Waals surface area contributed by atoms with E-state index in [0.29, 0.717) is 6.54 Å². The molecule has 0 aliphatic carbocycles. The van der Waals surface area contributed by atoms with Gasteiger partial charge in [0.2, 0.25) is 0 Å². The zero-order valence-electron chi connectivity index (χ0n) is 11.7. The SMILES string of the molecule is OC1CNc2ccc3ccccc3c2C1c1ccccc1. The molecule has 0 aromatic heterocycles. The molecule has 1 aliphatic heterocycles. The number of benzene rings is 3. The molecule has 2 N–H and O–H groups in total. The Morgan fingerprint density at radius 1 is 0.857 bits per heavy atom. The second kappa shape index (κ2) is 4.90. The summed E-state index contributed by atoms with van der Waals surface area (Å²) < 4.78 is 0. The number of hydrogen-bond donors (Lipinski definition) is 2. The Kier molecular flexibility index (Phi) is 2.90. The Labute approximate surface area is 124 Å². The lowest BCUT2D eigenvalue weighted by Crippen LogP contribution is -2.33. The van der Waals surface area contributed by atoms with Crippen LogP contribution in [0.25, 0.3) is 10.8 Å². The van der Waals surface area contributed by atoms with E-state index in [1.165, 1.54) is 21.9 Å². The molecule has 0 saturated heterocycles. The van der Waals surface area contributed by atoms with Gasteiger partial charge in [0, 0.05) is 18.2 Å². The molecule has 2 nitrogen and oxygen atoms in total. The number of nitrogens with one attached hydrogen (secondary N) is 1. The first-order valence-corrected chi connectivity index (χ1v) is 7.33. The van der Waals surface area contributed by atoms with E-state index in [-0.39, 0.29) is 5.92 Å². The molecule has 0 amide bonds. The lowest BCUT2D eigenvalue weighted by molar-refractivity contribution is 0.166. The van der Waals surface area contributed by atoms with E-state index >= 15 is 0 Å². The van der Waals surface area contributed by atoms with Crippen molar-refractivity contribution in [3.63, 3.8) is 0 Å². The number of aliphatic hydroxyl groups is 1. The van der Waals surface area contributed by atoms with Gasteiger partial charge in [-0.05, 0) is 28.0 Å². The molecule has 2 atom stereocenters. The number of hydrogen-bond acceptors (Lipinski definition) is 2. The average Bonchev–Trinajstić information content (AvgIpc) is 2.55. The topological polar surface area (TPSA) is 32.3 Å². The van der Waals surface area contributed by atoms with Gasteiger partial charge >= 0.3 is 0 Å². The lowest BCUT2D eigenvalue weighted by Gasteiger charge is -2.33. The maximum Gasteiger partial charge on any atom is 0.0822 e. The molecule has 104 valence electrons. The zero-order valence-corrected chi connectivity index (χ0v) is 11.7. The van der Waals surface area contributed by atoms with Crippen molar-refractivity contribution in [2.24, 2.45) is 0 Å². The van der Waals surface area contributed by atoms with Gasteiger partial charge in [-0.2, -0.15) is 0 Å². The first-order valence-electron chi connectivity index (χ1n) is 7.33. The molecule has 0 saturated carbocycles. The second-order valence-corrected chi connectivity index (χ2v) is 5.58. The summed E-state index contributed by atoms with van der Waals surface area (Å²) in [6.07, 6.45) is -0.411. The monoisotopic (exact) mass is 275 g/mol. The number of β-amino-alcohol motifs (C(OH)–C–C–N with tert-alkyl or cyclic N) is 1. The van der Waals surface area contributed by atoms with Crippen molar-refractivity contribution in [3.05, 3.63) is 77.9 Å². The van der Waals surface area contributed by atoms with E-state index in [2.05, 4.69) is 53.8 Å². The third-order valence-corrected chi connectivity index (χ3v) is 4.33. The fourth-order valence-corrected chi connectivity index (χ4v) is 3.36. The van der Waals surface area contributed by atoms with E-state index in [1.54, 1.807) is 0 Å². The fraction of sp³-hybridized carbons (Fsp3) is 0.158. The highest BCUT2D eigenvalue weighted by molar-refractivity contribution is 5.91. The Balaban J connectivity index is 2.00. The molecule has 0 bridgehead atoms. The smallest absolute Gasteiger partial charge is 0.0822 e. The molecule has 1 heterocycles. The summed E-state index contributed by atoms with van der Waals surface area (Å²) in [5.74, 6) is 0.0218. The van der Waals surface area contributed by atoms with E-state index in [1.807, 2.05) is 18.2 Å². The molecular weight excluding hydrogens is 258 g/mol. The highest BCUT2D eigenvalue weighted by Gasteiger charge is 2.30. The summed E-state index contributed by atoms with van der Waals surface area (Å²) >= 11 is 0. The Hall–Kier alpha value is -2.32. The van der Waals surface area contributed by atoms with Crippen LogP contribution in [-0.4, -0.2) is 17.8 Å². The summed E-state index contributed by atoms with van der Waals surface area (Å²) in [5, 5.41) is 16.4. The highest BCUT2D eigenvalue weighted by Crippen LogP contribution is 2.41. The van der Waals surface area contributed by atoms with Crippen LogP contribution in [0.2, 0.25) is 0 Å². The van der Waals surface area contributed by atoms with Crippen LogP contribution in [0.5, 0.6) is 0 Å². The van der Waals surface area contributed by atoms with E-state index in [4.69, 9.17) is 0 Å². The minimum Gasteiger partial charge on any atom is -0.390 e. The number of rotatable bonds is 1. The van der Waals surface area contributed by atoms with E-state index in [9.17, 15) is 5.11 Å². The zero-order chi connectivity index (χ0) is 14.2. The number of fused-ring (bicyclic) bond motifs is 3. The molecule has 3 aromatic carbocycles. The molecule has 0 radical (unpaired) electrons. The van der Waals surface area contributed by atoms with E-state index < -0.39 is 6.10 Å². The maximum atomic E-state index is 10.6. The molecule has 2 unspecified atom stereocenters. The minimum absolute atomic E-state index is 0.0218. The van der Waals surface area contributed by atoms with Crippen molar-refractivity contribution < 1.29 is 5.11 Å². The molecule has 21 heavy (non-hydrogen) atoms. The third kappa shape index (κ3) is 1.99. The van der Waals surface area contributed by atoms with Crippen molar-refractivity contribution in [2.45, 2.75) is 12.0 Å². The first-order chi connectivity index (χ1) is 10.3. The van der Waals surface area contributed by atoms with Crippen LogP contribution in [0.1, 0.15) is 17.0 Å².